The Kier molecular flexibility index (Phi) is 1.93. The van der Waals surface area contributed by atoms with Gasteiger partial charge in [-0.25, -0.2) is 0 Å². The summed E-state index contributed by atoms with van der Waals surface area (Å²) in [5.41, 5.74) is 3.15. The highest BCUT2D eigenvalue weighted by atomic mass is 16.2. The minimum Gasteiger partial charge on any atom is -0.374 e. The van der Waals surface area contributed by atoms with Crippen molar-refractivity contribution in [2.75, 3.05) is 17.2 Å². The van der Waals surface area contributed by atoms with Crippen molar-refractivity contribution in [2.45, 2.75) is 13.3 Å². The summed E-state index contributed by atoms with van der Waals surface area (Å²) in [5, 5.41) is 5.88. The zero-order valence-electron chi connectivity index (χ0n) is 7.55. The molecule has 1 heterocycles. The van der Waals surface area contributed by atoms with Crippen LogP contribution >= 0.6 is 0 Å². The van der Waals surface area contributed by atoms with Crippen molar-refractivity contribution >= 4 is 17.3 Å². The molecule has 0 saturated heterocycles. The normalized spacial score (nSPS) is 14.4. The molecule has 0 atom stereocenters. The molecular formula is C10H12N2O. The number of amides is 1. The first-order valence-corrected chi connectivity index (χ1v) is 4.46. The van der Waals surface area contributed by atoms with Crippen LogP contribution in [0.2, 0.25) is 0 Å². The van der Waals surface area contributed by atoms with E-state index in [-0.39, 0.29) is 5.91 Å². The number of hydrogen-bond acceptors (Lipinski definition) is 2. The minimum atomic E-state index is 0.0285. The maximum atomic E-state index is 11.1. The first kappa shape index (κ1) is 8.10. The molecule has 0 saturated carbocycles. The van der Waals surface area contributed by atoms with Crippen LogP contribution in [0.5, 0.6) is 0 Å². The van der Waals surface area contributed by atoms with Crippen LogP contribution in [0.1, 0.15) is 12.5 Å². The SMILES string of the molecule is CCc1ccc2c(c1)NC(=O)CN2. The summed E-state index contributed by atoms with van der Waals surface area (Å²) < 4.78 is 0. The molecule has 2 rings (SSSR count). The van der Waals surface area contributed by atoms with Crippen LogP contribution in [0.15, 0.2) is 18.2 Å². The number of carbonyl (C=O) groups excluding carboxylic acids is 1. The second kappa shape index (κ2) is 3.09. The molecular weight excluding hydrogens is 164 g/mol. The van der Waals surface area contributed by atoms with Crippen LogP contribution in [-0.2, 0) is 11.2 Å². The molecule has 0 unspecified atom stereocenters. The summed E-state index contributed by atoms with van der Waals surface area (Å²) in [6, 6.07) is 6.09. The van der Waals surface area contributed by atoms with Crippen molar-refractivity contribution in [3.05, 3.63) is 23.8 Å². The Hall–Kier alpha value is -1.51. The lowest BCUT2D eigenvalue weighted by atomic mass is 10.1. The Labute approximate surface area is 77.1 Å². The van der Waals surface area contributed by atoms with E-state index in [2.05, 4.69) is 23.6 Å². The number of hydrogen-bond donors (Lipinski definition) is 2. The van der Waals surface area contributed by atoms with E-state index in [1.165, 1.54) is 5.56 Å². The molecule has 0 fully saturated rings. The molecule has 1 amide bonds. The molecule has 3 nitrogen and oxygen atoms in total. The number of rotatable bonds is 1. The van der Waals surface area contributed by atoms with E-state index in [0.29, 0.717) is 6.54 Å². The fraction of sp³-hybridized carbons (Fsp3) is 0.300. The van der Waals surface area contributed by atoms with Gasteiger partial charge in [0, 0.05) is 0 Å². The third kappa shape index (κ3) is 1.49. The Morgan fingerprint density at radius 1 is 1.38 bits per heavy atom. The summed E-state index contributed by atoms with van der Waals surface area (Å²) in [6.45, 7) is 2.47. The molecule has 0 aromatic heterocycles. The summed E-state index contributed by atoms with van der Waals surface area (Å²) in [7, 11) is 0. The van der Waals surface area contributed by atoms with Crippen molar-refractivity contribution < 1.29 is 4.79 Å². The summed E-state index contributed by atoms with van der Waals surface area (Å²) in [6.07, 6.45) is 0.989. The first-order chi connectivity index (χ1) is 6.29. The largest absolute Gasteiger partial charge is 0.374 e. The van der Waals surface area contributed by atoms with Gasteiger partial charge in [-0.2, -0.15) is 0 Å². The maximum absolute atomic E-state index is 11.1. The lowest BCUT2D eigenvalue weighted by molar-refractivity contribution is -0.114. The smallest absolute Gasteiger partial charge is 0.243 e. The van der Waals surface area contributed by atoms with E-state index >= 15 is 0 Å². The van der Waals surface area contributed by atoms with E-state index < -0.39 is 0 Å². The van der Waals surface area contributed by atoms with E-state index in [0.717, 1.165) is 17.8 Å². The Balaban J connectivity index is 2.38. The molecule has 0 radical (unpaired) electrons. The third-order valence-electron chi connectivity index (χ3n) is 2.21. The molecule has 68 valence electrons. The highest BCUT2D eigenvalue weighted by molar-refractivity contribution is 6.00. The van der Waals surface area contributed by atoms with Gasteiger partial charge in [-0.05, 0) is 24.1 Å². The number of anilines is 2. The molecule has 3 heteroatoms. The van der Waals surface area contributed by atoms with Crippen molar-refractivity contribution in [2.24, 2.45) is 0 Å². The van der Waals surface area contributed by atoms with Gasteiger partial charge in [-0.1, -0.05) is 13.0 Å². The van der Waals surface area contributed by atoms with Gasteiger partial charge >= 0.3 is 0 Å². The monoisotopic (exact) mass is 176 g/mol. The zero-order valence-corrected chi connectivity index (χ0v) is 7.55. The lowest BCUT2D eigenvalue weighted by Crippen LogP contribution is -2.27. The van der Waals surface area contributed by atoms with Gasteiger partial charge in [-0.3, -0.25) is 4.79 Å². The summed E-state index contributed by atoms with van der Waals surface area (Å²) >= 11 is 0. The number of carbonyl (C=O) groups is 1. The van der Waals surface area contributed by atoms with Gasteiger partial charge in [0.2, 0.25) is 5.91 Å². The molecule has 2 N–H and O–H groups in total. The molecule has 0 bridgehead atoms. The quantitative estimate of drug-likeness (QED) is 0.682. The fourth-order valence-corrected chi connectivity index (χ4v) is 1.44. The van der Waals surface area contributed by atoms with Crippen LogP contribution in [0.3, 0.4) is 0 Å². The van der Waals surface area contributed by atoms with Crippen LogP contribution in [-0.4, -0.2) is 12.5 Å². The van der Waals surface area contributed by atoms with E-state index in [1.807, 2.05) is 12.1 Å². The fourth-order valence-electron chi connectivity index (χ4n) is 1.44. The van der Waals surface area contributed by atoms with Gasteiger partial charge in [0.15, 0.2) is 0 Å². The van der Waals surface area contributed by atoms with Gasteiger partial charge in [0.1, 0.15) is 0 Å². The zero-order chi connectivity index (χ0) is 9.26. The Morgan fingerprint density at radius 2 is 2.23 bits per heavy atom. The van der Waals surface area contributed by atoms with Crippen molar-refractivity contribution in [3.63, 3.8) is 0 Å². The summed E-state index contributed by atoms with van der Waals surface area (Å²) in [4.78, 5) is 11.1. The molecule has 1 aromatic carbocycles. The van der Waals surface area contributed by atoms with Gasteiger partial charge in [-0.15, -0.1) is 0 Å². The average Bonchev–Trinajstić information content (AvgIpc) is 2.16. The predicted octanol–water partition coefficient (Wildman–Crippen LogP) is 1.61. The minimum absolute atomic E-state index is 0.0285. The number of aryl methyl sites for hydroxylation is 1. The predicted molar refractivity (Wildman–Crippen MR) is 52.9 cm³/mol. The average molecular weight is 176 g/mol. The van der Waals surface area contributed by atoms with E-state index in [9.17, 15) is 4.79 Å². The maximum Gasteiger partial charge on any atom is 0.243 e. The molecule has 1 aliphatic rings. The Morgan fingerprint density at radius 3 is 3.00 bits per heavy atom. The van der Waals surface area contributed by atoms with Gasteiger partial charge in [0.25, 0.3) is 0 Å². The topological polar surface area (TPSA) is 41.1 Å². The highest BCUT2D eigenvalue weighted by Crippen LogP contribution is 2.25. The summed E-state index contributed by atoms with van der Waals surface area (Å²) in [5.74, 6) is 0.0285. The van der Waals surface area contributed by atoms with Gasteiger partial charge < -0.3 is 10.6 Å². The molecule has 1 aliphatic heterocycles. The lowest BCUT2D eigenvalue weighted by Gasteiger charge is -2.19. The number of benzene rings is 1. The molecule has 1 aromatic rings. The molecule has 0 spiro atoms. The van der Waals surface area contributed by atoms with Crippen LogP contribution < -0.4 is 10.6 Å². The van der Waals surface area contributed by atoms with Crippen LogP contribution in [0, 0.1) is 0 Å². The first-order valence-electron chi connectivity index (χ1n) is 4.46. The second-order valence-electron chi connectivity index (χ2n) is 3.14. The number of nitrogens with one attached hydrogen (secondary N) is 2. The van der Waals surface area contributed by atoms with Crippen LogP contribution in [0.4, 0.5) is 11.4 Å². The second-order valence-corrected chi connectivity index (χ2v) is 3.14. The van der Waals surface area contributed by atoms with E-state index in [4.69, 9.17) is 0 Å². The van der Waals surface area contributed by atoms with Gasteiger partial charge in [0.05, 0.1) is 17.9 Å². The third-order valence-corrected chi connectivity index (χ3v) is 2.21. The molecule has 13 heavy (non-hydrogen) atoms. The van der Waals surface area contributed by atoms with E-state index in [1.54, 1.807) is 0 Å². The standard InChI is InChI=1S/C10H12N2O/c1-2-7-3-4-8-9(5-7)12-10(13)6-11-8/h3-5,11H,2,6H2,1H3,(H,12,13). The highest BCUT2D eigenvalue weighted by Gasteiger charge is 2.13. The van der Waals surface area contributed by atoms with Crippen LogP contribution in [0.25, 0.3) is 0 Å². The number of fused-ring (bicyclic) bond motifs is 1. The Bertz CT molecular complexity index is 347. The van der Waals surface area contributed by atoms with Crippen molar-refractivity contribution in [1.29, 1.82) is 0 Å². The molecule has 0 aliphatic carbocycles. The van der Waals surface area contributed by atoms with Crippen molar-refractivity contribution in [3.8, 4) is 0 Å². The van der Waals surface area contributed by atoms with Crippen molar-refractivity contribution in [1.82, 2.24) is 0 Å².